The Labute approximate surface area is 197 Å². The lowest BCUT2D eigenvalue weighted by atomic mass is 10.1. The van der Waals surface area contributed by atoms with Gasteiger partial charge in [-0.15, -0.1) is 0 Å². The molecule has 34 heavy (non-hydrogen) atoms. The molecule has 1 saturated carbocycles. The standard InChI is InChI=1S/C27H26FN3O3/c1-33-22-12-6-18(7-13-22)16-29-27(32)24-15-14-23(34-24)26-25(19-8-10-20(28)11-9-19)30-17-31(26)21-4-2-3-5-21/h6-15,17,21H,2-5,16H2,1H3,(H,29,32). The fourth-order valence-electron chi connectivity index (χ4n) is 4.48. The second-order valence-electron chi connectivity index (χ2n) is 8.49. The number of nitrogens with zero attached hydrogens (tertiary/aromatic N) is 2. The number of aromatic nitrogens is 2. The van der Waals surface area contributed by atoms with Crippen molar-refractivity contribution in [2.45, 2.75) is 38.3 Å². The van der Waals surface area contributed by atoms with Gasteiger partial charge < -0.3 is 19.0 Å². The van der Waals surface area contributed by atoms with Gasteiger partial charge in [0.2, 0.25) is 0 Å². The summed E-state index contributed by atoms with van der Waals surface area (Å²) in [6, 6.07) is 17.6. The smallest absolute Gasteiger partial charge is 0.287 e. The number of imidazole rings is 1. The number of furan rings is 1. The van der Waals surface area contributed by atoms with Gasteiger partial charge in [0.1, 0.15) is 17.3 Å². The Morgan fingerprint density at radius 1 is 1.09 bits per heavy atom. The van der Waals surface area contributed by atoms with E-state index in [1.54, 1.807) is 31.4 Å². The van der Waals surface area contributed by atoms with Crippen LogP contribution < -0.4 is 10.1 Å². The maximum absolute atomic E-state index is 13.5. The molecule has 2 aromatic carbocycles. The second-order valence-corrected chi connectivity index (χ2v) is 8.49. The van der Waals surface area contributed by atoms with Crippen LogP contribution in [0.5, 0.6) is 5.75 Å². The molecule has 4 aromatic rings. The van der Waals surface area contributed by atoms with Gasteiger partial charge in [-0.3, -0.25) is 4.79 Å². The number of rotatable bonds is 7. The third kappa shape index (κ3) is 4.46. The summed E-state index contributed by atoms with van der Waals surface area (Å²) in [5.41, 5.74) is 3.29. The lowest BCUT2D eigenvalue weighted by Gasteiger charge is -2.15. The molecular formula is C27H26FN3O3. The first-order chi connectivity index (χ1) is 16.6. The Morgan fingerprint density at radius 3 is 2.53 bits per heavy atom. The Kier molecular flexibility index (Phi) is 6.16. The van der Waals surface area contributed by atoms with Crippen molar-refractivity contribution in [3.05, 3.63) is 84.1 Å². The van der Waals surface area contributed by atoms with Crippen molar-refractivity contribution in [3.63, 3.8) is 0 Å². The molecule has 1 aliphatic rings. The molecule has 6 nitrogen and oxygen atoms in total. The number of nitrogens with one attached hydrogen (secondary N) is 1. The lowest BCUT2D eigenvalue weighted by molar-refractivity contribution is 0.0924. The molecular weight excluding hydrogens is 433 g/mol. The van der Waals surface area contributed by atoms with E-state index in [2.05, 4.69) is 14.9 Å². The summed E-state index contributed by atoms with van der Waals surface area (Å²) in [7, 11) is 1.62. The SMILES string of the molecule is COc1ccc(CNC(=O)c2ccc(-c3c(-c4ccc(F)cc4)ncn3C3CCCC3)o2)cc1. The topological polar surface area (TPSA) is 69.3 Å². The number of amides is 1. The van der Waals surface area contributed by atoms with Gasteiger partial charge in [0.05, 0.1) is 19.1 Å². The van der Waals surface area contributed by atoms with E-state index in [1.807, 2.05) is 30.6 Å². The minimum absolute atomic E-state index is 0.229. The van der Waals surface area contributed by atoms with Crippen LogP contribution in [0.1, 0.15) is 47.8 Å². The van der Waals surface area contributed by atoms with Crippen molar-refractivity contribution < 1.29 is 18.3 Å². The van der Waals surface area contributed by atoms with Gasteiger partial charge in [-0.2, -0.15) is 0 Å². The van der Waals surface area contributed by atoms with Crippen molar-refractivity contribution in [2.24, 2.45) is 0 Å². The molecule has 0 unspecified atom stereocenters. The van der Waals surface area contributed by atoms with E-state index in [0.717, 1.165) is 35.4 Å². The minimum Gasteiger partial charge on any atom is -0.497 e. The van der Waals surface area contributed by atoms with Gasteiger partial charge in [-0.25, -0.2) is 9.37 Å². The van der Waals surface area contributed by atoms with E-state index in [1.165, 1.54) is 25.0 Å². The maximum Gasteiger partial charge on any atom is 0.287 e. The van der Waals surface area contributed by atoms with Gasteiger partial charge in [0, 0.05) is 18.2 Å². The molecule has 0 radical (unpaired) electrons. The van der Waals surface area contributed by atoms with Crippen LogP contribution in [0.15, 0.2) is 71.4 Å². The van der Waals surface area contributed by atoms with Crippen molar-refractivity contribution >= 4 is 5.91 Å². The van der Waals surface area contributed by atoms with E-state index in [9.17, 15) is 9.18 Å². The van der Waals surface area contributed by atoms with Crippen LogP contribution in [0.4, 0.5) is 4.39 Å². The van der Waals surface area contributed by atoms with Crippen molar-refractivity contribution in [1.82, 2.24) is 14.9 Å². The maximum atomic E-state index is 13.5. The van der Waals surface area contributed by atoms with Crippen LogP contribution in [0.2, 0.25) is 0 Å². The average Bonchev–Trinajstić information content (AvgIpc) is 3.63. The van der Waals surface area contributed by atoms with E-state index in [0.29, 0.717) is 24.0 Å². The van der Waals surface area contributed by atoms with E-state index in [-0.39, 0.29) is 17.5 Å². The monoisotopic (exact) mass is 459 g/mol. The zero-order chi connectivity index (χ0) is 23.5. The van der Waals surface area contributed by atoms with Gasteiger partial charge in [-0.1, -0.05) is 25.0 Å². The van der Waals surface area contributed by atoms with Gasteiger partial charge in [0.15, 0.2) is 11.5 Å². The number of hydrogen-bond acceptors (Lipinski definition) is 4. The summed E-state index contributed by atoms with van der Waals surface area (Å²) in [6.07, 6.45) is 6.32. The summed E-state index contributed by atoms with van der Waals surface area (Å²) < 4.78 is 26.9. The van der Waals surface area contributed by atoms with Crippen LogP contribution in [-0.4, -0.2) is 22.6 Å². The Hall–Kier alpha value is -3.87. The molecule has 1 N–H and O–H groups in total. The highest BCUT2D eigenvalue weighted by atomic mass is 19.1. The molecule has 2 heterocycles. The first-order valence-electron chi connectivity index (χ1n) is 11.5. The van der Waals surface area contributed by atoms with E-state index >= 15 is 0 Å². The zero-order valence-corrected chi connectivity index (χ0v) is 19.0. The van der Waals surface area contributed by atoms with Gasteiger partial charge >= 0.3 is 0 Å². The molecule has 1 fully saturated rings. The van der Waals surface area contributed by atoms with Gasteiger partial charge in [0.25, 0.3) is 5.91 Å². The fraction of sp³-hybridized carbons (Fsp3) is 0.259. The largest absolute Gasteiger partial charge is 0.497 e. The number of ether oxygens (including phenoxy) is 1. The number of benzene rings is 2. The normalized spacial score (nSPS) is 13.8. The molecule has 7 heteroatoms. The number of methoxy groups -OCH3 is 1. The third-order valence-corrected chi connectivity index (χ3v) is 6.30. The number of carbonyl (C=O) groups is 1. The highest BCUT2D eigenvalue weighted by Crippen LogP contribution is 2.39. The summed E-state index contributed by atoms with van der Waals surface area (Å²) in [5, 5.41) is 2.90. The Balaban J connectivity index is 1.41. The molecule has 0 spiro atoms. The summed E-state index contributed by atoms with van der Waals surface area (Å²) in [6.45, 7) is 0.375. The first-order valence-corrected chi connectivity index (χ1v) is 11.5. The zero-order valence-electron chi connectivity index (χ0n) is 19.0. The summed E-state index contributed by atoms with van der Waals surface area (Å²) in [4.78, 5) is 17.4. The lowest BCUT2D eigenvalue weighted by Crippen LogP contribution is -2.22. The molecule has 0 aliphatic heterocycles. The van der Waals surface area contributed by atoms with Crippen LogP contribution in [0.3, 0.4) is 0 Å². The molecule has 0 saturated heterocycles. The predicted octanol–water partition coefficient (Wildman–Crippen LogP) is 6.00. The molecule has 174 valence electrons. The molecule has 2 aromatic heterocycles. The third-order valence-electron chi connectivity index (χ3n) is 6.30. The molecule has 5 rings (SSSR count). The predicted molar refractivity (Wildman–Crippen MR) is 127 cm³/mol. The Bertz CT molecular complexity index is 1270. The number of halogens is 1. The fourth-order valence-corrected chi connectivity index (χ4v) is 4.48. The highest BCUT2D eigenvalue weighted by Gasteiger charge is 2.26. The van der Waals surface area contributed by atoms with Crippen LogP contribution in [0, 0.1) is 5.82 Å². The second kappa shape index (κ2) is 9.55. The molecule has 1 amide bonds. The minimum atomic E-state index is -0.297. The van der Waals surface area contributed by atoms with E-state index < -0.39 is 0 Å². The average molecular weight is 460 g/mol. The highest BCUT2D eigenvalue weighted by molar-refractivity contribution is 5.92. The van der Waals surface area contributed by atoms with E-state index in [4.69, 9.17) is 9.15 Å². The molecule has 0 bridgehead atoms. The Morgan fingerprint density at radius 2 is 1.82 bits per heavy atom. The van der Waals surface area contributed by atoms with Crippen LogP contribution in [-0.2, 0) is 6.54 Å². The van der Waals surface area contributed by atoms with Crippen LogP contribution >= 0.6 is 0 Å². The quantitative estimate of drug-likeness (QED) is 0.368. The number of carbonyl (C=O) groups excluding carboxylic acids is 1. The summed E-state index contributed by atoms with van der Waals surface area (Å²) >= 11 is 0. The molecule has 0 atom stereocenters. The first kappa shape index (κ1) is 21.9. The summed E-state index contributed by atoms with van der Waals surface area (Å²) in [5.74, 6) is 0.972. The van der Waals surface area contributed by atoms with Crippen molar-refractivity contribution in [2.75, 3.05) is 7.11 Å². The van der Waals surface area contributed by atoms with Crippen molar-refractivity contribution in [1.29, 1.82) is 0 Å². The van der Waals surface area contributed by atoms with Gasteiger partial charge in [-0.05, 0) is 66.9 Å². The van der Waals surface area contributed by atoms with Crippen LogP contribution in [0.25, 0.3) is 22.7 Å². The number of hydrogen-bond donors (Lipinski definition) is 1. The molecule has 1 aliphatic carbocycles. The van der Waals surface area contributed by atoms with Crippen molar-refractivity contribution in [3.8, 4) is 28.5 Å².